The third-order valence-corrected chi connectivity index (χ3v) is 5.23. The van der Waals surface area contributed by atoms with Crippen LogP contribution >= 0.6 is 0 Å². The van der Waals surface area contributed by atoms with Crippen molar-refractivity contribution >= 4 is 11.7 Å². The lowest BCUT2D eigenvalue weighted by Gasteiger charge is -2.34. The molecule has 0 bridgehead atoms. The molecule has 0 aliphatic carbocycles. The van der Waals surface area contributed by atoms with E-state index < -0.39 is 0 Å². The standard InChI is InChI=1S/C21H27N5O3/c1-2-3-6-22-20-12-17(23-14-24-20)21(27)26-9-7-25(8-10-26)13-16-4-5-18-19(11-16)29-15-28-18/h4-5,11-12,14H,2-3,6-10,13,15H2,1H3,(H,22,23,24). The molecule has 8 nitrogen and oxygen atoms in total. The Morgan fingerprint density at radius 1 is 1.10 bits per heavy atom. The zero-order valence-electron chi connectivity index (χ0n) is 16.8. The van der Waals surface area contributed by atoms with Crippen LogP contribution < -0.4 is 14.8 Å². The Bertz CT molecular complexity index is 852. The van der Waals surface area contributed by atoms with Gasteiger partial charge in [-0.25, -0.2) is 9.97 Å². The first kappa shape index (κ1) is 19.4. The van der Waals surface area contributed by atoms with Crippen molar-refractivity contribution in [1.82, 2.24) is 19.8 Å². The number of carbonyl (C=O) groups is 1. The zero-order chi connectivity index (χ0) is 20.1. The molecule has 2 aliphatic heterocycles. The minimum atomic E-state index is -0.0336. The predicted molar refractivity (Wildman–Crippen MR) is 109 cm³/mol. The molecule has 29 heavy (non-hydrogen) atoms. The van der Waals surface area contributed by atoms with Gasteiger partial charge in [0.15, 0.2) is 11.5 Å². The smallest absolute Gasteiger partial charge is 0.272 e. The average molecular weight is 397 g/mol. The molecule has 0 atom stereocenters. The molecular formula is C21H27N5O3. The van der Waals surface area contributed by atoms with Crippen LogP contribution in [0.1, 0.15) is 35.8 Å². The molecule has 1 fully saturated rings. The molecule has 1 aromatic carbocycles. The van der Waals surface area contributed by atoms with E-state index in [-0.39, 0.29) is 5.91 Å². The lowest BCUT2D eigenvalue weighted by molar-refractivity contribution is 0.0622. The monoisotopic (exact) mass is 397 g/mol. The molecule has 1 amide bonds. The molecule has 0 saturated carbocycles. The fourth-order valence-electron chi connectivity index (χ4n) is 3.53. The van der Waals surface area contributed by atoms with Crippen molar-refractivity contribution in [1.29, 1.82) is 0 Å². The SMILES string of the molecule is CCCCNc1cc(C(=O)N2CCN(Cc3ccc4c(c3)OCO4)CC2)ncn1. The van der Waals surface area contributed by atoms with E-state index in [1.165, 1.54) is 11.9 Å². The van der Waals surface area contributed by atoms with Crippen molar-refractivity contribution in [2.75, 3.05) is 44.8 Å². The van der Waals surface area contributed by atoms with Crippen LogP contribution in [0, 0.1) is 0 Å². The van der Waals surface area contributed by atoms with Gasteiger partial charge < -0.3 is 19.7 Å². The topological polar surface area (TPSA) is 79.8 Å². The van der Waals surface area contributed by atoms with Crippen molar-refractivity contribution in [2.24, 2.45) is 0 Å². The summed E-state index contributed by atoms with van der Waals surface area (Å²) in [5.41, 5.74) is 1.64. The van der Waals surface area contributed by atoms with Gasteiger partial charge in [-0.1, -0.05) is 19.4 Å². The van der Waals surface area contributed by atoms with Gasteiger partial charge in [0.2, 0.25) is 6.79 Å². The van der Waals surface area contributed by atoms with E-state index in [0.29, 0.717) is 31.4 Å². The van der Waals surface area contributed by atoms with Gasteiger partial charge >= 0.3 is 0 Å². The number of rotatable bonds is 7. The van der Waals surface area contributed by atoms with Gasteiger partial charge in [-0.3, -0.25) is 9.69 Å². The lowest BCUT2D eigenvalue weighted by Crippen LogP contribution is -2.48. The number of nitrogens with one attached hydrogen (secondary N) is 1. The largest absolute Gasteiger partial charge is 0.454 e. The van der Waals surface area contributed by atoms with Crippen molar-refractivity contribution in [3.05, 3.63) is 41.9 Å². The van der Waals surface area contributed by atoms with Crippen LogP contribution in [0.3, 0.4) is 0 Å². The molecule has 1 N–H and O–H groups in total. The molecule has 1 saturated heterocycles. The third kappa shape index (κ3) is 4.76. The van der Waals surface area contributed by atoms with E-state index in [2.05, 4.69) is 33.2 Å². The summed E-state index contributed by atoms with van der Waals surface area (Å²) < 4.78 is 10.8. The first-order valence-electron chi connectivity index (χ1n) is 10.2. The molecule has 0 unspecified atom stereocenters. The highest BCUT2D eigenvalue weighted by molar-refractivity contribution is 5.93. The number of anilines is 1. The molecule has 154 valence electrons. The number of amides is 1. The summed E-state index contributed by atoms with van der Waals surface area (Å²) in [7, 11) is 0. The number of carbonyl (C=O) groups excluding carboxylic acids is 1. The molecule has 0 radical (unpaired) electrons. The first-order valence-corrected chi connectivity index (χ1v) is 10.2. The Morgan fingerprint density at radius 2 is 1.93 bits per heavy atom. The van der Waals surface area contributed by atoms with Gasteiger partial charge in [0, 0.05) is 45.3 Å². The normalized spacial score (nSPS) is 16.1. The third-order valence-electron chi connectivity index (χ3n) is 5.23. The quantitative estimate of drug-likeness (QED) is 0.719. The fraction of sp³-hybridized carbons (Fsp3) is 0.476. The second-order valence-corrected chi connectivity index (χ2v) is 7.32. The Hall–Kier alpha value is -2.87. The minimum absolute atomic E-state index is 0.0336. The molecule has 2 aromatic rings. The van der Waals surface area contributed by atoms with Gasteiger partial charge in [0.05, 0.1) is 0 Å². The molecule has 2 aliphatic rings. The summed E-state index contributed by atoms with van der Waals surface area (Å²) in [6, 6.07) is 7.81. The van der Waals surface area contributed by atoms with E-state index >= 15 is 0 Å². The van der Waals surface area contributed by atoms with Crippen LogP contribution in [-0.4, -0.2) is 65.2 Å². The van der Waals surface area contributed by atoms with Crippen LogP contribution in [0.4, 0.5) is 5.82 Å². The number of benzene rings is 1. The maximum Gasteiger partial charge on any atom is 0.272 e. The van der Waals surface area contributed by atoms with Gasteiger partial charge in [-0.15, -0.1) is 0 Å². The first-order chi connectivity index (χ1) is 14.2. The molecule has 4 rings (SSSR count). The second kappa shape index (κ2) is 9.09. The highest BCUT2D eigenvalue weighted by atomic mass is 16.7. The van der Waals surface area contributed by atoms with Gasteiger partial charge in [-0.2, -0.15) is 0 Å². The number of hydrogen-bond acceptors (Lipinski definition) is 7. The van der Waals surface area contributed by atoms with E-state index in [9.17, 15) is 4.79 Å². The fourth-order valence-corrected chi connectivity index (χ4v) is 3.53. The molecule has 8 heteroatoms. The predicted octanol–water partition coefficient (Wildman–Crippen LogP) is 2.38. The summed E-state index contributed by atoms with van der Waals surface area (Å²) >= 11 is 0. The van der Waals surface area contributed by atoms with Crippen LogP contribution in [0.5, 0.6) is 11.5 Å². The number of nitrogens with zero attached hydrogens (tertiary/aromatic N) is 4. The highest BCUT2D eigenvalue weighted by Gasteiger charge is 2.24. The van der Waals surface area contributed by atoms with Crippen molar-refractivity contribution < 1.29 is 14.3 Å². The Kier molecular flexibility index (Phi) is 6.09. The lowest BCUT2D eigenvalue weighted by atomic mass is 10.1. The van der Waals surface area contributed by atoms with Crippen molar-refractivity contribution in [3.8, 4) is 11.5 Å². The molecular weight excluding hydrogens is 370 g/mol. The van der Waals surface area contributed by atoms with Gasteiger partial charge in [0.25, 0.3) is 5.91 Å². The Labute approximate surface area is 170 Å². The maximum atomic E-state index is 12.8. The Balaban J connectivity index is 1.30. The van der Waals surface area contributed by atoms with E-state index in [1.807, 2.05) is 17.0 Å². The summed E-state index contributed by atoms with van der Waals surface area (Å²) in [6.45, 7) is 7.14. The summed E-state index contributed by atoms with van der Waals surface area (Å²) in [5.74, 6) is 2.29. The van der Waals surface area contributed by atoms with E-state index in [4.69, 9.17) is 9.47 Å². The van der Waals surface area contributed by atoms with Gasteiger partial charge in [-0.05, 0) is 24.1 Å². The van der Waals surface area contributed by atoms with Crippen molar-refractivity contribution in [3.63, 3.8) is 0 Å². The molecule has 0 spiro atoms. The average Bonchev–Trinajstić information content (AvgIpc) is 3.22. The van der Waals surface area contributed by atoms with Crippen LogP contribution in [0.2, 0.25) is 0 Å². The molecule has 3 heterocycles. The van der Waals surface area contributed by atoms with Crippen LogP contribution in [0.25, 0.3) is 0 Å². The van der Waals surface area contributed by atoms with E-state index in [1.54, 1.807) is 6.07 Å². The minimum Gasteiger partial charge on any atom is -0.454 e. The number of unbranched alkanes of at least 4 members (excludes halogenated alkanes) is 1. The van der Waals surface area contributed by atoms with Gasteiger partial charge in [0.1, 0.15) is 17.8 Å². The van der Waals surface area contributed by atoms with Crippen LogP contribution in [0.15, 0.2) is 30.6 Å². The summed E-state index contributed by atoms with van der Waals surface area (Å²) in [5, 5.41) is 3.25. The Morgan fingerprint density at radius 3 is 2.76 bits per heavy atom. The number of aromatic nitrogens is 2. The van der Waals surface area contributed by atoms with Crippen LogP contribution in [-0.2, 0) is 6.54 Å². The zero-order valence-corrected chi connectivity index (χ0v) is 16.8. The summed E-state index contributed by atoms with van der Waals surface area (Å²) in [4.78, 5) is 25.4. The molecule has 1 aromatic heterocycles. The number of ether oxygens (including phenoxy) is 2. The number of piperazine rings is 1. The van der Waals surface area contributed by atoms with Crippen molar-refractivity contribution in [2.45, 2.75) is 26.3 Å². The van der Waals surface area contributed by atoms with E-state index in [0.717, 1.165) is 50.5 Å². The maximum absolute atomic E-state index is 12.8. The number of hydrogen-bond donors (Lipinski definition) is 1. The second-order valence-electron chi connectivity index (χ2n) is 7.32. The summed E-state index contributed by atoms with van der Waals surface area (Å²) in [6.07, 6.45) is 3.64. The number of fused-ring (bicyclic) bond motifs is 1. The highest BCUT2D eigenvalue weighted by Crippen LogP contribution is 2.32.